The molecule has 1 amide bonds. The molecule has 0 spiro atoms. The van der Waals surface area contributed by atoms with Gasteiger partial charge >= 0.3 is 0 Å². The summed E-state index contributed by atoms with van der Waals surface area (Å²) in [4.78, 5) is 17.3. The standard InChI is InChI=1S/C24H25IN6O2.H2O/c1-17-22(16-27-31(17)21-5-2-19(25)3-6-21)24(33)28-20-4-7-23(18(14-20)15-26)30-10-8-29(9-11-30)12-13-32;/h2-7,14,16,32H,8-13H2,1H3,(H,28,33);1H2. The molecule has 0 saturated carbocycles. The number of nitrogens with zero attached hydrogens (tertiary/aromatic N) is 5. The minimum Gasteiger partial charge on any atom is -0.412 e. The summed E-state index contributed by atoms with van der Waals surface area (Å²) in [5, 5.41) is 26.1. The van der Waals surface area contributed by atoms with E-state index in [0.29, 0.717) is 23.4 Å². The number of β-amino-alcohol motifs (C(OH)–C–C–N with tert-alkyl or cyclic N) is 1. The Hall–Kier alpha value is -2.98. The van der Waals surface area contributed by atoms with E-state index in [1.54, 1.807) is 16.9 Å². The SMILES string of the molecule is Cc1c(C(=O)Nc2ccc(N3CCN(CCO)CC3)c(C#N)c2)cnn1-c1ccc(I)cc1.O. The second-order valence-corrected chi connectivity index (χ2v) is 9.13. The van der Waals surface area contributed by atoms with Crippen molar-refractivity contribution in [2.75, 3.05) is 49.5 Å². The lowest BCUT2D eigenvalue weighted by Crippen LogP contribution is -2.47. The molecule has 1 fully saturated rings. The maximum Gasteiger partial charge on any atom is 0.259 e. The Morgan fingerprint density at radius 3 is 2.53 bits per heavy atom. The molecule has 178 valence electrons. The number of aliphatic hydroxyl groups excluding tert-OH is 1. The lowest BCUT2D eigenvalue weighted by molar-refractivity contribution is 0.102. The van der Waals surface area contributed by atoms with Crippen LogP contribution in [0.3, 0.4) is 0 Å². The van der Waals surface area contributed by atoms with Crippen molar-refractivity contribution in [3.63, 3.8) is 0 Å². The summed E-state index contributed by atoms with van der Waals surface area (Å²) in [6.45, 7) is 5.95. The van der Waals surface area contributed by atoms with Gasteiger partial charge in [-0.1, -0.05) is 0 Å². The number of piperazine rings is 1. The summed E-state index contributed by atoms with van der Waals surface area (Å²) in [5.74, 6) is -0.265. The van der Waals surface area contributed by atoms with Crippen LogP contribution in [0.4, 0.5) is 11.4 Å². The van der Waals surface area contributed by atoms with Gasteiger partial charge in [0.25, 0.3) is 5.91 Å². The first-order valence-corrected chi connectivity index (χ1v) is 11.8. The summed E-state index contributed by atoms with van der Waals surface area (Å²) < 4.78 is 2.87. The molecule has 34 heavy (non-hydrogen) atoms. The lowest BCUT2D eigenvalue weighted by Gasteiger charge is -2.36. The third-order valence-electron chi connectivity index (χ3n) is 5.83. The molecule has 4 rings (SSSR count). The van der Waals surface area contributed by atoms with Gasteiger partial charge in [0.1, 0.15) is 6.07 Å². The van der Waals surface area contributed by atoms with Gasteiger partial charge in [-0.2, -0.15) is 10.4 Å². The van der Waals surface area contributed by atoms with Crippen LogP contribution in [0.25, 0.3) is 5.69 Å². The first kappa shape index (κ1) is 25.6. The monoisotopic (exact) mass is 574 g/mol. The highest BCUT2D eigenvalue weighted by Crippen LogP contribution is 2.26. The second kappa shape index (κ2) is 11.4. The number of benzene rings is 2. The number of aliphatic hydroxyl groups is 1. The van der Waals surface area contributed by atoms with Gasteiger partial charge in [-0.15, -0.1) is 0 Å². The quantitative estimate of drug-likeness (QED) is 0.435. The van der Waals surface area contributed by atoms with E-state index in [1.807, 2.05) is 43.3 Å². The number of nitrogens with one attached hydrogen (secondary N) is 1. The largest absolute Gasteiger partial charge is 0.412 e. The average Bonchev–Trinajstić information content (AvgIpc) is 3.21. The molecule has 0 atom stereocenters. The predicted molar refractivity (Wildman–Crippen MR) is 139 cm³/mol. The van der Waals surface area contributed by atoms with Gasteiger partial charge in [0, 0.05) is 42.0 Å². The number of carbonyl (C=O) groups is 1. The summed E-state index contributed by atoms with van der Waals surface area (Å²) in [6, 6.07) is 15.6. The Labute approximate surface area is 212 Å². The summed E-state index contributed by atoms with van der Waals surface area (Å²) in [7, 11) is 0. The fourth-order valence-electron chi connectivity index (χ4n) is 4.01. The molecule has 2 aromatic carbocycles. The number of amides is 1. The van der Waals surface area contributed by atoms with E-state index in [9.17, 15) is 10.1 Å². The maximum atomic E-state index is 12.9. The number of hydrogen-bond donors (Lipinski definition) is 2. The van der Waals surface area contributed by atoms with E-state index >= 15 is 0 Å². The van der Waals surface area contributed by atoms with Crippen LogP contribution in [-0.4, -0.2) is 70.5 Å². The fraction of sp³-hybridized carbons (Fsp3) is 0.292. The van der Waals surface area contributed by atoms with Gasteiger partial charge in [0.2, 0.25) is 0 Å². The molecule has 0 unspecified atom stereocenters. The fourth-order valence-corrected chi connectivity index (χ4v) is 4.37. The third-order valence-corrected chi connectivity index (χ3v) is 6.55. The number of anilines is 2. The highest BCUT2D eigenvalue weighted by Gasteiger charge is 2.20. The van der Waals surface area contributed by atoms with Crippen LogP contribution < -0.4 is 10.2 Å². The smallest absolute Gasteiger partial charge is 0.259 e. The molecular weight excluding hydrogens is 547 g/mol. The van der Waals surface area contributed by atoms with Crippen LogP contribution in [-0.2, 0) is 0 Å². The van der Waals surface area contributed by atoms with Gasteiger partial charge in [-0.05, 0) is 72.0 Å². The molecular formula is C24H27IN6O3. The van der Waals surface area contributed by atoms with Crippen LogP contribution in [0.5, 0.6) is 0 Å². The highest BCUT2D eigenvalue weighted by atomic mass is 127. The van der Waals surface area contributed by atoms with Crippen LogP contribution in [0, 0.1) is 21.8 Å². The van der Waals surface area contributed by atoms with Crippen molar-refractivity contribution >= 4 is 39.9 Å². The highest BCUT2D eigenvalue weighted by molar-refractivity contribution is 14.1. The molecule has 4 N–H and O–H groups in total. The Morgan fingerprint density at radius 1 is 1.18 bits per heavy atom. The Kier molecular flexibility index (Phi) is 8.62. The number of carbonyl (C=O) groups excluding carboxylic acids is 1. The Bertz CT molecular complexity index is 1180. The molecule has 10 heteroatoms. The summed E-state index contributed by atoms with van der Waals surface area (Å²) in [6.07, 6.45) is 1.56. The molecule has 1 aromatic heterocycles. The molecule has 3 aromatic rings. The van der Waals surface area contributed by atoms with Crippen molar-refractivity contribution < 1.29 is 15.4 Å². The summed E-state index contributed by atoms with van der Waals surface area (Å²) in [5.41, 5.74) is 4.07. The average molecular weight is 574 g/mol. The summed E-state index contributed by atoms with van der Waals surface area (Å²) >= 11 is 2.25. The van der Waals surface area contributed by atoms with E-state index in [0.717, 1.165) is 46.8 Å². The molecule has 1 saturated heterocycles. The normalized spacial score (nSPS) is 13.8. The predicted octanol–water partition coefficient (Wildman–Crippen LogP) is 2.20. The van der Waals surface area contributed by atoms with Gasteiger partial charge in [0.05, 0.1) is 41.0 Å². The van der Waals surface area contributed by atoms with E-state index in [1.165, 1.54) is 0 Å². The Balaban J connectivity index is 0.00000324. The molecule has 0 aliphatic carbocycles. The number of nitriles is 1. The molecule has 1 aliphatic rings. The first-order chi connectivity index (χ1) is 16.0. The van der Waals surface area contributed by atoms with Crippen LogP contribution in [0.15, 0.2) is 48.7 Å². The van der Waals surface area contributed by atoms with Crippen molar-refractivity contribution in [1.29, 1.82) is 5.26 Å². The van der Waals surface area contributed by atoms with Crippen LogP contribution in [0.1, 0.15) is 21.6 Å². The second-order valence-electron chi connectivity index (χ2n) is 7.88. The zero-order chi connectivity index (χ0) is 23.4. The third kappa shape index (κ3) is 5.56. The number of aromatic nitrogens is 2. The van der Waals surface area contributed by atoms with E-state index in [-0.39, 0.29) is 18.0 Å². The maximum absolute atomic E-state index is 12.9. The zero-order valence-corrected chi connectivity index (χ0v) is 21.0. The van der Waals surface area contributed by atoms with E-state index < -0.39 is 0 Å². The van der Waals surface area contributed by atoms with Gasteiger partial charge in [0.15, 0.2) is 0 Å². The number of rotatable bonds is 6. The van der Waals surface area contributed by atoms with Crippen molar-refractivity contribution in [3.05, 3.63) is 69.1 Å². The number of hydrogen-bond acceptors (Lipinski definition) is 6. The van der Waals surface area contributed by atoms with Crippen LogP contribution >= 0.6 is 22.6 Å². The topological polar surface area (TPSA) is 129 Å². The molecule has 1 aliphatic heterocycles. The molecule has 2 heterocycles. The van der Waals surface area contributed by atoms with Gasteiger partial charge in [-0.25, -0.2) is 4.68 Å². The Morgan fingerprint density at radius 2 is 1.88 bits per heavy atom. The van der Waals surface area contributed by atoms with Gasteiger partial charge in [-0.3, -0.25) is 9.69 Å². The van der Waals surface area contributed by atoms with Crippen molar-refractivity contribution in [3.8, 4) is 11.8 Å². The van der Waals surface area contributed by atoms with E-state index in [4.69, 9.17) is 5.11 Å². The first-order valence-electron chi connectivity index (χ1n) is 10.7. The zero-order valence-electron chi connectivity index (χ0n) is 18.8. The van der Waals surface area contributed by atoms with Crippen molar-refractivity contribution in [2.24, 2.45) is 0 Å². The minimum atomic E-state index is -0.265. The number of halogens is 1. The minimum absolute atomic E-state index is 0. The van der Waals surface area contributed by atoms with Crippen molar-refractivity contribution in [2.45, 2.75) is 6.92 Å². The van der Waals surface area contributed by atoms with Crippen molar-refractivity contribution in [1.82, 2.24) is 14.7 Å². The van der Waals surface area contributed by atoms with E-state index in [2.05, 4.69) is 48.9 Å². The molecule has 9 nitrogen and oxygen atoms in total. The molecule has 0 radical (unpaired) electrons. The molecule has 0 bridgehead atoms. The lowest BCUT2D eigenvalue weighted by atomic mass is 10.1. The van der Waals surface area contributed by atoms with Crippen LogP contribution in [0.2, 0.25) is 0 Å². The van der Waals surface area contributed by atoms with Gasteiger partial charge < -0.3 is 20.8 Å².